The van der Waals surface area contributed by atoms with E-state index >= 15 is 0 Å². The molecule has 88 valence electrons. The Hall–Kier alpha value is -0.760. The van der Waals surface area contributed by atoms with Crippen LogP contribution in [0.3, 0.4) is 0 Å². The molecule has 0 radical (unpaired) electrons. The van der Waals surface area contributed by atoms with Crippen LogP contribution in [0, 0.1) is 11.8 Å². The number of rotatable bonds is 5. The highest BCUT2D eigenvalue weighted by atomic mass is 32.1. The zero-order chi connectivity index (χ0) is 12.0. The molecule has 1 aliphatic rings. The summed E-state index contributed by atoms with van der Waals surface area (Å²) < 4.78 is 0. The van der Waals surface area contributed by atoms with Gasteiger partial charge in [-0.25, -0.2) is 4.99 Å². The van der Waals surface area contributed by atoms with E-state index in [0.717, 1.165) is 19.5 Å². The fourth-order valence-electron chi connectivity index (χ4n) is 2.03. The van der Waals surface area contributed by atoms with Gasteiger partial charge in [0, 0.05) is 13.1 Å². The number of likely N-dealkylation sites (N-methyl/N-ethyl adjacent to an activating group) is 1. The van der Waals surface area contributed by atoms with E-state index in [2.05, 4.69) is 66.5 Å². The van der Waals surface area contributed by atoms with E-state index < -0.39 is 0 Å². The molecule has 0 aromatic heterocycles. The van der Waals surface area contributed by atoms with Crippen LogP contribution in [0.15, 0.2) is 28.8 Å². The standard InChI is InChI=1S/C13H20N2S/c1-11-8-12(9-15(2)3)4-5-13(11)6-7-14-10-16/h4-5,8,11,13H,6-7,9H2,1-3H3. The second-order valence-corrected chi connectivity index (χ2v) is 4.81. The third-order valence-corrected chi connectivity index (χ3v) is 2.98. The smallest absolute Gasteiger partial charge is 0.0584 e. The monoisotopic (exact) mass is 236 g/mol. The highest BCUT2D eigenvalue weighted by molar-refractivity contribution is 7.78. The molecule has 0 heterocycles. The average molecular weight is 236 g/mol. The minimum atomic E-state index is 0.595. The van der Waals surface area contributed by atoms with Crippen LogP contribution in [0.1, 0.15) is 13.3 Å². The maximum atomic E-state index is 4.56. The van der Waals surface area contributed by atoms with Crippen molar-refractivity contribution in [2.45, 2.75) is 13.3 Å². The summed E-state index contributed by atoms with van der Waals surface area (Å²) in [6, 6.07) is 0. The third-order valence-electron chi connectivity index (χ3n) is 2.85. The van der Waals surface area contributed by atoms with Crippen LogP contribution in [0.2, 0.25) is 0 Å². The first-order valence-electron chi connectivity index (χ1n) is 5.70. The molecule has 2 atom stereocenters. The van der Waals surface area contributed by atoms with Crippen molar-refractivity contribution in [3.8, 4) is 0 Å². The number of thiocarbonyl (C=S) groups is 1. The van der Waals surface area contributed by atoms with Crippen LogP contribution >= 0.6 is 12.2 Å². The van der Waals surface area contributed by atoms with Gasteiger partial charge in [-0.05, 0) is 50.1 Å². The summed E-state index contributed by atoms with van der Waals surface area (Å²) in [4.78, 5) is 6.16. The summed E-state index contributed by atoms with van der Waals surface area (Å²) in [5, 5.41) is 2.42. The van der Waals surface area contributed by atoms with Crippen molar-refractivity contribution in [1.82, 2.24) is 4.90 Å². The first-order valence-corrected chi connectivity index (χ1v) is 6.11. The highest BCUT2D eigenvalue weighted by Gasteiger charge is 2.16. The molecule has 16 heavy (non-hydrogen) atoms. The van der Waals surface area contributed by atoms with Gasteiger partial charge in [-0.15, -0.1) is 0 Å². The number of allylic oxidation sites excluding steroid dienone is 2. The molecule has 0 N–H and O–H groups in total. The maximum absolute atomic E-state index is 4.56. The predicted molar refractivity (Wildman–Crippen MR) is 72.9 cm³/mol. The van der Waals surface area contributed by atoms with E-state index in [1.54, 1.807) is 0 Å². The van der Waals surface area contributed by atoms with Gasteiger partial charge < -0.3 is 4.90 Å². The number of hydrogen-bond donors (Lipinski definition) is 0. The molecule has 0 fully saturated rings. The second kappa shape index (κ2) is 6.74. The summed E-state index contributed by atoms with van der Waals surface area (Å²) in [5.41, 5.74) is 1.41. The first-order chi connectivity index (χ1) is 7.63. The Morgan fingerprint density at radius 3 is 2.81 bits per heavy atom. The Labute approximate surface area is 104 Å². The topological polar surface area (TPSA) is 15.6 Å². The molecule has 0 saturated heterocycles. The van der Waals surface area contributed by atoms with E-state index in [0.29, 0.717) is 11.8 Å². The minimum absolute atomic E-state index is 0.595. The fraction of sp³-hybridized carbons (Fsp3) is 0.615. The van der Waals surface area contributed by atoms with Crippen LogP contribution in [0.25, 0.3) is 0 Å². The molecule has 0 amide bonds. The van der Waals surface area contributed by atoms with Crippen molar-refractivity contribution in [2.24, 2.45) is 16.8 Å². The summed E-state index contributed by atoms with van der Waals surface area (Å²) in [6.07, 6.45) is 7.98. The van der Waals surface area contributed by atoms with Gasteiger partial charge in [0.05, 0.1) is 5.16 Å². The van der Waals surface area contributed by atoms with Gasteiger partial charge in [0.2, 0.25) is 0 Å². The Bertz CT molecular complexity index is 325. The summed E-state index contributed by atoms with van der Waals surface area (Å²) in [7, 11) is 4.19. The quantitative estimate of drug-likeness (QED) is 0.539. The van der Waals surface area contributed by atoms with Crippen LogP contribution in [-0.2, 0) is 0 Å². The molecule has 1 rings (SSSR count). The van der Waals surface area contributed by atoms with Gasteiger partial charge in [-0.1, -0.05) is 25.2 Å². The lowest BCUT2D eigenvalue weighted by molar-refractivity contribution is 0.434. The lowest BCUT2D eigenvalue weighted by atomic mass is 9.85. The van der Waals surface area contributed by atoms with Crippen LogP contribution in [-0.4, -0.2) is 37.2 Å². The van der Waals surface area contributed by atoms with Crippen LogP contribution < -0.4 is 0 Å². The molecule has 2 unspecified atom stereocenters. The molecule has 0 spiro atoms. The molecule has 2 nitrogen and oxygen atoms in total. The van der Waals surface area contributed by atoms with Gasteiger partial charge in [-0.2, -0.15) is 0 Å². The lowest BCUT2D eigenvalue weighted by Gasteiger charge is -2.23. The van der Waals surface area contributed by atoms with Gasteiger partial charge in [-0.3, -0.25) is 0 Å². The number of nitrogens with zero attached hydrogens (tertiary/aromatic N) is 2. The highest BCUT2D eigenvalue weighted by Crippen LogP contribution is 2.25. The van der Waals surface area contributed by atoms with Gasteiger partial charge >= 0.3 is 0 Å². The molecule has 1 aliphatic carbocycles. The second-order valence-electron chi connectivity index (χ2n) is 4.62. The maximum Gasteiger partial charge on any atom is 0.0584 e. The van der Waals surface area contributed by atoms with E-state index in [-0.39, 0.29) is 0 Å². The number of isothiocyanates is 1. The van der Waals surface area contributed by atoms with Crippen LogP contribution in [0.4, 0.5) is 0 Å². The first kappa shape index (κ1) is 13.3. The zero-order valence-electron chi connectivity index (χ0n) is 10.3. The Kier molecular flexibility index (Phi) is 5.61. The Morgan fingerprint density at radius 2 is 2.25 bits per heavy atom. The van der Waals surface area contributed by atoms with Crippen molar-refractivity contribution < 1.29 is 0 Å². The normalized spacial score (nSPS) is 24.1. The minimum Gasteiger partial charge on any atom is -0.305 e. The van der Waals surface area contributed by atoms with Crippen molar-refractivity contribution in [3.63, 3.8) is 0 Å². The Balaban J connectivity index is 2.48. The summed E-state index contributed by atoms with van der Waals surface area (Å²) in [5.74, 6) is 1.19. The molecule has 0 aromatic rings. The molecule has 0 saturated carbocycles. The van der Waals surface area contributed by atoms with Gasteiger partial charge in [0.15, 0.2) is 0 Å². The van der Waals surface area contributed by atoms with Crippen molar-refractivity contribution in [3.05, 3.63) is 23.8 Å². The van der Waals surface area contributed by atoms with Crippen molar-refractivity contribution in [2.75, 3.05) is 27.2 Å². The molecule has 0 bridgehead atoms. The van der Waals surface area contributed by atoms with Gasteiger partial charge in [0.25, 0.3) is 0 Å². The molecule has 3 heteroatoms. The third kappa shape index (κ3) is 4.40. The largest absolute Gasteiger partial charge is 0.305 e. The van der Waals surface area contributed by atoms with Crippen molar-refractivity contribution >= 4 is 17.4 Å². The van der Waals surface area contributed by atoms with Crippen molar-refractivity contribution in [1.29, 1.82) is 0 Å². The zero-order valence-corrected chi connectivity index (χ0v) is 11.1. The van der Waals surface area contributed by atoms with E-state index in [9.17, 15) is 0 Å². The SMILES string of the molecule is CC1C=C(CN(C)C)C=CC1CCN=C=S. The summed E-state index contributed by atoms with van der Waals surface area (Å²) in [6.45, 7) is 4.08. The summed E-state index contributed by atoms with van der Waals surface area (Å²) >= 11 is 4.56. The fourth-order valence-corrected chi connectivity index (χ4v) is 2.12. The lowest BCUT2D eigenvalue weighted by Crippen LogP contribution is -2.19. The number of aliphatic imine (C=N–C) groups is 1. The van der Waals surface area contributed by atoms with Crippen LogP contribution in [0.5, 0.6) is 0 Å². The van der Waals surface area contributed by atoms with Gasteiger partial charge in [0.1, 0.15) is 0 Å². The molecule has 0 aliphatic heterocycles. The van der Waals surface area contributed by atoms with E-state index in [4.69, 9.17) is 0 Å². The van der Waals surface area contributed by atoms with E-state index in [1.165, 1.54) is 5.57 Å². The average Bonchev–Trinajstić information content (AvgIpc) is 2.20. The Morgan fingerprint density at radius 1 is 1.50 bits per heavy atom. The molecular formula is C13H20N2S. The van der Waals surface area contributed by atoms with E-state index in [1.807, 2.05) is 0 Å². The number of hydrogen-bond acceptors (Lipinski definition) is 3. The molecular weight excluding hydrogens is 216 g/mol. The molecule has 0 aromatic carbocycles. The predicted octanol–water partition coefficient (Wildman–Crippen LogP) is 2.79.